The average Bonchev–Trinajstić information content (AvgIpc) is 3.09. The van der Waals surface area contributed by atoms with Crippen LogP contribution in [-0.4, -0.2) is 16.7 Å². The van der Waals surface area contributed by atoms with Crippen LogP contribution in [0.4, 0.5) is 0 Å². The number of aromatic nitrogens is 2. The van der Waals surface area contributed by atoms with Crippen molar-refractivity contribution in [3.63, 3.8) is 0 Å². The van der Waals surface area contributed by atoms with Crippen molar-refractivity contribution in [3.05, 3.63) is 34.6 Å². The molecule has 1 aromatic carbocycles. The van der Waals surface area contributed by atoms with Crippen molar-refractivity contribution in [1.29, 1.82) is 0 Å². The lowest BCUT2D eigenvalue weighted by Gasteiger charge is -2.21. The first-order valence-corrected chi connectivity index (χ1v) is 7.34. The highest BCUT2D eigenvalue weighted by atomic mass is 79.9. The second-order valence-corrected chi connectivity index (χ2v) is 5.95. The maximum atomic E-state index is 5.94. The molecule has 0 aliphatic heterocycles. The Hall–Kier alpha value is -1.20. The van der Waals surface area contributed by atoms with E-state index in [1.165, 1.54) is 12.8 Å². The first-order chi connectivity index (χ1) is 9.25. The standard InChI is InChI=1S/C14H16BrN3O/c15-11-6-2-1-5-10(11)12-17-13(19-18-12)14(9-16)7-3-4-8-14/h1-2,5-6H,3-4,7-9,16H2. The van der Waals surface area contributed by atoms with Gasteiger partial charge in [0.2, 0.25) is 11.7 Å². The van der Waals surface area contributed by atoms with Gasteiger partial charge in [0.05, 0.1) is 5.41 Å². The number of hydrogen-bond acceptors (Lipinski definition) is 4. The zero-order valence-electron chi connectivity index (χ0n) is 10.6. The molecular weight excluding hydrogens is 306 g/mol. The smallest absolute Gasteiger partial charge is 0.234 e. The van der Waals surface area contributed by atoms with Crippen molar-refractivity contribution in [2.45, 2.75) is 31.1 Å². The minimum atomic E-state index is -0.105. The summed E-state index contributed by atoms with van der Waals surface area (Å²) in [5.74, 6) is 1.32. The lowest BCUT2D eigenvalue weighted by molar-refractivity contribution is 0.284. The van der Waals surface area contributed by atoms with Gasteiger partial charge in [-0.05, 0) is 25.0 Å². The average molecular weight is 322 g/mol. The van der Waals surface area contributed by atoms with Crippen LogP contribution >= 0.6 is 15.9 Å². The zero-order chi connectivity index (χ0) is 13.3. The van der Waals surface area contributed by atoms with Gasteiger partial charge in [0.15, 0.2) is 0 Å². The van der Waals surface area contributed by atoms with Crippen LogP contribution in [0.5, 0.6) is 0 Å². The van der Waals surface area contributed by atoms with Crippen LogP contribution in [0, 0.1) is 0 Å². The van der Waals surface area contributed by atoms with E-state index in [-0.39, 0.29) is 5.41 Å². The van der Waals surface area contributed by atoms with Crippen molar-refractivity contribution in [1.82, 2.24) is 10.1 Å². The van der Waals surface area contributed by atoms with E-state index in [9.17, 15) is 0 Å². The Kier molecular flexibility index (Phi) is 3.41. The van der Waals surface area contributed by atoms with Gasteiger partial charge in [-0.25, -0.2) is 0 Å². The molecule has 0 unspecified atom stereocenters. The van der Waals surface area contributed by atoms with Gasteiger partial charge in [-0.1, -0.05) is 46.1 Å². The van der Waals surface area contributed by atoms with Crippen molar-refractivity contribution in [2.75, 3.05) is 6.54 Å². The van der Waals surface area contributed by atoms with Crippen molar-refractivity contribution < 1.29 is 4.52 Å². The van der Waals surface area contributed by atoms with Crippen molar-refractivity contribution in [3.8, 4) is 11.4 Å². The number of hydrogen-bond donors (Lipinski definition) is 1. The van der Waals surface area contributed by atoms with Crippen LogP contribution < -0.4 is 5.73 Å². The molecule has 1 saturated carbocycles. The van der Waals surface area contributed by atoms with Crippen LogP contribution in [0.3, 0.4) is 0 Å². The third-order valence-electron chi connectivity index (χ3n) is 3.95. The molecule has 0 saturated heterocycles. The summed E-state index contributed by atoms with van der Waals surface area (Å²) < 4.78 is 6.46. The molecule has 0 bridgehead atoms. The van der Waals surface area contributed by atoms with Crippen molar-refractivity contribution >= 4 is 15.9 Å². The molecule has 0 spiro atoms. The first kappa shape index (κ1) is 12.8. The summed E-state index contributed by atoms with van der Waals surface area (Å²) in [5.41, 5.74) is 6.78. The third-order valence-corrected chi connectivity index (χ3v) is 4.64. The summed E-state index contributed by atoms with van der Waals surface area (Å²) in [6, 6.07) is 7.87. The van der Waals surface area contributed by atoms with E-state index >= 15 is 0 Å². The van der Waals surface area contributed by atoms with Gasteiger partial charge in [0.1, 0.15) is 0 Å². The Bertz CT molecular complexity index is 576. The number of nitrogens with zero attached hydrogens (tertiary/aromatic N) is 2. The van der Waals surface area contributed by atoms with Gasteiger partial charge in [0.25, 0.3) is 0 Å². The summed E-state index contributed by atoms with van der Waals surface area (Å²) in [6.45, 7) is 0.574. The molecule has 100 valence electrons. The van der Waals surface area contributed by atoms with Crippen LogP contribution in [0.25, 0.3) is 11.4 Å². The Morgan fingerprint density at radius 3 is 2.68 bits per heavy atom. The summed E-state index contributed by atoms with van der Waals surface area (Å²) in [6.07, 6.45) is 4.45. The molecular formula is C14H16BrN3O. The van der Waals surface area contributed by atoms with Gasteiger partial charge in [-0.15, -0.1) is 0 Å². The summed E-state index contributed by atoms with van der Waals surface area (Å²) >= 11 is 3.51. The fraction of sp³-hybridized carbons (Fsp3) is 0.429. The summed E-state index contributed by atoms with van der Waals surface area (Å²) in [4.78, 5) is 4.58. The molecule has 19 heavy (non-hydrogen) atoms. The first-order valence-electron chi connectivity index (χ1n) is 6.54. The highest BCUT2D eigenvalue weighted by Gasteiger charge is 2.39. The van der Waals surface area contributed by atoms with Gasteiger partial charge in [0, 0.05) is 16.6 Å². The number of rotatable bonds is 3. The lowest BCUT2D eigenvalue weighted by atomic mass is 9.86. The Balaban J connectivity index is 1.98. The van der Waals surface area contributed by atoms with Gasteiger partial charge in [-0.3, -0.25) is 0 Å². The molecule has 1 aromatic heterocycles. The number of benzene rings is 1. The second-order valence-electron chi connectivity index (χ2n) is 5.09. The SMILES string of the molecule is NCC1(c2nc(-c3ccccc3Br)no2)CCCC1. The lowest BCUT2D eigenvalue weighted by Crippen LogP contribution is -2.32. The molecule has 5 heteroatoms. The molecule has 2 aromatic rings. The van der Waals surface area contributed by atoms with Gasteiger partial charge >= 0.3 is 0 Å². The van der Waals surface area contributed by atoms with E-state index in [0.29, 0.717) is 18.3 Å². The largest absolute Gasteiger partial charge is 0.338 e. The minimum Gasteiger partial charge on any atom is -0.338 e. The van der Waals surface area contributed by atoms with E-state index < -0.39 is 0 Å². The second kappa shape index (κ2) is 5.06. The molecule has 3 rings (SSSR count). The fourth-order valence-corrected chi connectivity index (χ4v) is 3.21. The predicted octanol–water partition coefficient (Wildman–Crippen LogP) is 3.27. The monoisotopic (exact) mass is 321 g/mol. The van der Waals surface area contributed by atoms with E-state index in [4.69, 9.17) is 10.3 Å². The summed E-state index contributed by atoms with van der Waals surface area (Å²) in [5, 5.41) is 4.11. The Labute approximate surface area is 120 Å². The maximum absolute atomic E-state index is 5.94. The minimum absolute atomic E-state index is 0.105. The molecule has 1 aliphatic carbocycles. The molecule has 1 aliphatic rings. The molecule has 1 fully saturated rings. The topological polar surface area (TPSA) is 64.9 Å². The number of nitrogens with two attached hydrogens (primary N) is 1. The number of halogens is 1. The maximum Gasteiger partial charge on any atom is 0.234 e. The van der Waals surface area contributed by atoms with E-state index in [0.717, 1.165) is 22.9 Å². The van der Waals surface area contributed by atoms with Gasteiger partial charge < -0.3 is 10.3 Å². The predicted molar refractivity (Wildman–Crippen MR) is 76.6 cm³/mol. The Morgan fingerprint density at radius 2 is 2.00 bits per heavy atom. The van der Waals surface area contributed by atoms with Crippen LogP contribution in [0.2, 0.25) is 0 Å². The molecule has 2 N–H and O–H groups in total. The van der Waals surface area contributed by atoms with Crippen LogP contribution in [0.15, 0.2) is 33.3 Å². The highest BCUT2D eigenvalue weighted by molar-refractivity contribution is 9.10. The normalized spacial score (nSPS) is 17.8. The van der Waals surface area contributed by atoms with Crippen LogP contribution in [-0.2, 0) is 5.41 Å². The molecule has 0 radical (unpaired) electrons. The van der Waals surface area contributed by atoms with Gasteiger partial charge in [-0.2, -0.15) is 4.98 Å². The van der Waals surface area contributed by atoms with Crippen molar-refractivity contribution in [2.24, 2.45) is 5.73 Å². The molecule has 0 amide bonds. The van der Waals surface area contributed by atoms with E-state index in [2.05, 4.69) is 26.1 Å². The Morgan fingerprint density at radius 1 is 1.26 bits per heavy atom. The highest BCUT2D eigenvalue weighted by Crippen LogP contribution is 2.40. The molecule has 4 nitrogen and oxygen atoms in total. The quantitative estimate of drug-likeness (QED) is 0.942. The molecule has 0 atom stereocenters. The van der Waals surface area contributed by atoms with Crippen LogP contribution in [0.1, 0.15) is 31.6 Å². The molecule has 1 heterocycles. The third kappa shape index (κ3) is 2.21. The summed E-state index contributed by atoms with van der Waals surface area (Å²) in [7, 11) is 0. The van der Waals surface area contributed by atoms with E-state index in [1.54, 1.807) is 0 Å². The fourth-order valence-electron chi connectivity index (χ4n) is 2.75. The van der Waals surface area contributed by atoms with E-state index in [1.807, 2.05) is 24.3 Å². The zero-order valence-corrected chi connectivity index (χ0v) is 12.2.